The minimum atomic E-state index is -7.48. The normalized spacial score (nSPS) is 15.5. The topological polar surface area (TPSA) is 23.5 Å². The molecule has 0 amide bonds. The van der Waals surface area contributed by atoms with Gasteiger partial charge in [-0.3, -0.25) is 0 Å². The molecule has 13 heteroatoms. The highest BCUT2D eigenvalue weighted by Gasteiger charge is 2.87. The van der Waals surface area contributed by atoms with Gasteiger partial charge in [0.2, 0.25) is 0 Å². The first-order valence-corrected chi connectivity index (χ1v) is 7.33. The zero-order valence-electron chi connectivity index (χ0n) is 14.1. The third kappa shape index (κ3) is 3.98. The Morgan fingerprint density at radius 2 is 1.18 bits per heavy atom. The van der Waals surface area contributed by atoms with Crippen LogP contribution in [-0.2, 0) is 0 Å². The lowest BCUT2D eigenvalue weighted by atomic mass is 9.92. The molecule has 0 heterocycles. The van der Waals surface area contributed by atoms with Crippen LogP contribution in [0.15, 0.2) is 24.3 Å². The fourth-order valence-electron chi connectivity index (χ4n) is 2.09. The third-order valence-corrected chi connectivity index (χ3v) is 3.85. The highest BCUT2D eigenvalue weighted by atomic mass is 19.4. The van der Waals surface area contributed by atoms with Gasteiger partial charge >= 0.3 is 29.9 Å². The van der Waals surface area contributed by atoms with Crippen LogP contribution in [0.2, 0.25) is 0 Å². The van der Waals surface area contributed by atoms with Gasteiger partial charge in [0.1, 0.15) is 0 Å². The Bertz CT molecular complexity index is 668. The van der Waals surface area contributed by atoms with Gasteiger partial charge in [-0.1, -0.05) is 12.1 Å². The van der Waals surface area contributed by atoms with Crippen LogP contribution in [-0.4, -0.2) is 49.1 Å². The number of alkyl halides is 11. The number of anilines is 1. The van der Waals surface area contributed by atoms with E-state index in [1.54, 1.807) is 14.1 Å². The van der Waals surface area contributed by atoms with Gasteiger partial charge in [-0.05, 0) is 17.7 Å². The van der Waals surface area contributed by atoms with Crippen LogP contribution < -0.4 is 4.90 Å². The van der Waals surface area contributed by atoms with Gasteiger partial charge in [0.05, 0.1) is 6.10 Å². The lowest BCUT2D eigenvalue weighted by molar-refractivity contribution is -0.423. The Hall–Kier alpha value is -1.79. The molecule has 1 unspecified atom stereocenters. The number of aliphatic hydroxyl groups is 1. The lowest BCUT2D eigenvalue weighted by Gasteiger charge is -2.37. The Kier molecular flexibility index (Phi) is 6.26. The van der Waals surface area contributed by atoms with Gasteiger partial charge < -0.3 is 10.0 Å². The predicted molar refractivity (Wildman–Crippen MR) is 76.2 cm³/mol. The van der Waals surface area contributed by atoms with Gasteiger partial charge in [-0.15, -0.1) is 0 Å². The van der Waals surface area contributed by atoms with Crippen LogP contribution in [0, 0.1) is 0 Å². The molecule has 0 spiro atoms. The molecule has 0 saturated heterocycles. The zero-order valence-corrected chi connectivity index (χ0v) is 14.1. The summed E-state index contributed by atoms with van der Waals surface area (Å²) >= 11 is 0. The summed E-state index contributed by atoms with van der Waals surface area (Å²) in [5, 5.41) is 9.60. The summed E-state index contributed by atoms with van der Waals surface area (Å²) in [6.45, 7) is 0. The summed E-state index contributed by atoms with van der Waals surface area (Å²) in [5.41, 5.74) is 0.0105. The molecule has 162 valence electrons. The van der Waals surface area contributed by atoms with Gasteiger partial charge in [-0.25, -0.2) is 0 Å². The molecule has 0 bridgehead atoms. The van der Waals surface area contributed by atoms with Gasteiger partial charge in [0.15, 0.2) is 0 Å². The molecule has 0 aliphatic rings. The summed E-state index contributed by atoms with van der Waals surface area (Å²) in [5.74, 6) is -28.1. The second-order valence-corrected chi connectivity index (χ2v) is 6.13. The maximum Gasteiger partial charge on any atom is 0.460 e. The predicted octanol–water partition coefficient (Wildman–Crippen LogP) is 5.28. The molecular formula is C15H14F11NO. The molecule has 2 nitrogen and oxygen atoms in total. The van der Waals surface area contributed by atoms with Gasteiger partial charge in [-0.2, -0.15) is 48.3 Å². The fourth-order valence-corrected chi connectivity index (χ4v) is 2.09. The van der Waals surface area contributed by atoms with E-state index in [1.807, 2.05) is 0 Å². The number of nitrogens with zero attached hydrogens (tertiary/aromatic N) is 1. The Balaban J connectivity index is 3.18. The molecule has 1 rings (SSSR count). The number of hydrogen-bond donors (Lipinski definition) is 1. The average molecular weight is 433 g/mol. The Morgan fingerprint density at radius 1 is 0.750 bits per heavy atom. The first-order chi connectivity index (χ1) is 12.3. The van der Waals surface area contributed by atoms with E-state index in [9.17, 15) is 53.4 Å². The summed E-state index contributed by atoms with van der Waals surface area (Å²) in [6, 6.07) is 4.41. The Morgan fingerprint density at radius 3 is 1.54 bits per heavy atom. The highest BCUT2D eigenvalue weighted by molar-refractivity contribution is 5.46. The van der Waals surface area contributed by atoms with E-state index >= 15 is 0 Å². The van der Waals surface area contributed by atoms with Crippen molar-refractivity contribution in [1.29, 1.82) is 0 Å². The monoisotopic (exact) mass is 433 g/mol. The van der Waals surface area contributed by atoms with Crippen molar-refractivity contribution < 1.29 is 53.4 Å². The summed E-state index contributed by atoms with van der Waals surface area (Å²) in [4.78, 5) is 1.53. The average Bonchev–Trinajstić information content (AvgIpc) is 2.52. The Labute approximate surface area is 151 Å². The smallest absolute Gasteiger partial charge is 0.388 e. The van der Waals surface area contributed by atoms with Gasteiger partial charge in [0.25, 0.3) is 0 Å². The van der Waals surface area contributed by atoms with Crippen molar-refractivity contribution in [3.8, 4) is 0 Å². The molecule has 1 aromatic rings. The van der Waals surface area contributed by atoms with E-state index < -0.39 is 48.0 Å². The summed E-state index contributed by atoms with van der Waals surface area (Å²) in [7, 11) is 3.14. The van der Waals surface area contributed by atoms with Crippen molar-refractivity contribution in [2.45, 2.75) is 42.4 Å². The SMILES string of the molecule is CN(C)c1ccc(C(O)CC(F)(F)C(F)(F)C(F)(F)C(F)(F)C(F)(F)F)cc1. The number of halogens is 11. The van der Waals surface area contributed by atoms with Crippen molar-refractivity contribution in [3.63, 3.8) is 0 Å². The van der Waals surface area contributed by atoms with E-state index in [0.29, 0.717) is 5.69 Å². The molecule has 0 saturated carbocycles. The standard InChI is InChI=1S/C15H14F11NO/c1-27(2)9-5-3-8(4-6-9)10(28)7-11(16,17)12(18,19)13(20,21)14(22,23)15(24,25)26/h3-6,10,28H,7H2,1-2H3. The second kappa shape index (κ2) is 7.23. The van der Waals surface area contributed by atoms with Crippen molar-refractivity contribution in [2.24, 2.45) is 0 Å². The van der Waals surface area contributed by atoms with Crippen LogP contribution in [0.4, 0.5) is 54.0 Å². The maximum atomic E-state index is 13.7. The highest BCUT2D eigenvalue weighted by Crippen LogP contribution is 2.58. The van der Waals surface area contributed by atoms with Crippen LogP contribution in [0.5, 0.6) is 0 Å². The van der Waals surface area contributed by atoms with Crippen molar-refractivity contribution in [1.82, 2.24) is 0 Å². The van der Waals surface area contributed by atoms with Crippen LogP contribution in [0.25, 0.3) is 0 Å². The summed E-state index contributed by atoms with van der Waals surface area (Å²) < 4.78 is 142. The largest absolute Gasteiger partial charge is 0.460 e. The van der Waals surface area contributed by atoms with Crippen LogP contribution in [0.1, 0.15) is 18.1 Å². The number of aliphatic hydroxyl groups excluding tert-OH is 1. The van der Waals surface area contributed by atoms with Gasteiger partial charge in [0, 0.05) is 26.2 Å². The molecule has 0 fully saturated rings. The van der Waals surface area contributed by atoms with Crippen LogP contribution in [0.3, 0.4) is 0 Å². The molecule has 1 aromatic carbocycles. The lowest BCUT2D eigenvalue weighted by Crippen LogP contribution is -2.66. The van der Waals surface area contributed by atoms with Crippen molar-refractivity contribution >= 4 is 5.69 Å². The first kappa shape index (κ1) is 24.2. The molecule has 1 atom stereocenters. The van der Waals surface area contributed by atoms with E-state index in [4.69, 9.17) is 0 Å². The third-order valence-electron chi connectivity index (χ3n) is 3.85. The van der Waals surface area contributed by atoms with Crippen molar-refractivity contribution in [2.75, 3.05) is 19.0 Å². The minimum Gasteiger partial charge on any atom is -0.388 e. The number of rotatable bonds is 7. The van der Waals surface area contributed by atoms with E-state index in [2.05, 4.69) is 0 Å². The first-order valence-electron chi connectivity index (χ1n) is 7.33. The zero-order chi connectivity index (χ0) is 22.3. The van der Waals surface area contributed by atoms with Crippen molar-refractivity contribution in [3.05, 3.63) is 29.8 Å². The quantitative estimate of drug-likeness (QED) is 0.592. The molecule has 1 N–H and O–H groups in total. The molecule has 0 radical (unpaired) electrons. The fraction of sp³-hybridized carbons (Fsp3) is 0.600. The molecule has 0 aromatic heterocycles. The molecule has 28 heavy (non-hydrogen) atoms. The minimum absolute atomic E-state index is 0.466. The number of benzene rings is 1. The van der Waals surface area contributed by atoms with E-state index in [0.717, 1.165) is 12.1 Å². The molecular weight excluding hydrogens is 419 g/mol. The molecule has 0 aliphatic heterocycles. The second-order valence-electron chi connectivity index (χ2n) is 6.13. The molecule has 0 aliphatic carbocycles. The van der Waals surface area contributed by atoms with E-state index in [-0.39, 0.29) is 0 Å². The number of hydrogen-bond acceptors (Lipinski definition) is 2. The maximum absolute atomic E-state index is 13.7. The van der Waals surface area contributed by atoms with E-state index in [1.165, 1.54) is 17.0 Å². The summed E-state index contributed by atoms with van der Waals surface area (Å²) in [6.07, 6.45) is -12.3. The van der Waals surface area contributed by atoms with Crippen LogP contribution >= 0.6 is 0 Å².